The molecular formula is C18H21N3O5S2. The van der Waals surface area contributed by atoms with E-state index in [1.54, 1.807) is 24.0 Å². The minimum Gasteiger partial charge on any atom is -0.450 e. The number of ether oxygens (including phenoxy) is 1. The number of aromatic nitrogens is 1. The molecule has 1 aliphatic rings. The number of anilines is 1. The van der Waals surface area contributed by atoms with Crippen LogP contribution in [0.4, 0.5) is 9.93 Å². The summed E-state index contributed by atoms with van der Waals surface area (Å²) < 4.78 is 29.5. The second kappa shape index (κ2) is 8.27. The van der Waals surface area contributed by atoms with E-state index in [-0.39, 0.29) is 22.3 Å². The van der Waals surface area contributed by atoms with E-state index in [1.807, 2.05) is 0 Å². The van der Waals surface area contributed by atoms with Gasteiger partial charge in [-0.1, -0.05) is 30.4 Å². The number of fused-ring (bicyclic) bond motifs is 1. The summed E-state index contributed by atoms with van der Waals surface area (Å²) in [7, 11) is -3.53. The van der Waals surface area contributed by atoms with Crippen molar-refractivity contribution in [3.05, 3.63) is 40.4 Å². The first-order valence-electron chi connectivity index (χ1n) is 8.89. The third-order valence-corrected chi connectivity index (χ3v) is 7.11. The van der Waals surface area contributed by atoms with E-state index in [2.05, 4.69) is 10.3 Å². The number of nitrogens with one attached hydrogen (secondary N) is 1. The van der Waals surface area contributed by atoms with Crippen molar-refractivity contribution in [1.82, 2.24) is 9.88 Å². The Labute approximate surface area is 167 Å². The highest BCUT2D eigenvalue weighted by atomic mass is 32.2. The monoisotopic (exact) mass is 423 g/mol. The van der Waals surface area contributed by atoms with E-state index in [0.29, 0.717) is 31.2 Å². The molecule has 0 bridgehead atoms. The van der Waals surface area contributed by atoms with Crippen molar-refractivity contribution < 1.29 is 22.7 Å². The van der Waals surface area contributed by atoms with Crippen LogP contribution >= 0.6 is 11.3 Å². The number of nitrogens with zero attached hydrogens (tertiary/aromatic N) is 2. The number of benzene rings is 1. The number of carbonyl (C=O) groups is 2. The van der Waals surface area contributed by atoms with E-state index in [4.69, 9.17) is 4.74 Å². The van der Waals surface area contributed by atoms with Crippen LogP contribution in [-0.4, -0.2) is 49.2 Å². The van der Waals surface area contributed by atoms with Crippen LogP contribution in [0, 0.1) is 0 Å². The zero-order valence-electron chi connectivity index (χ0n) is 15.6. The van der Waals surface area contributed by atoms with E-state index < -0.39 is 15.7 Å². The molecule has 1 aliphatic heterocycles. The van der Waals surface area contributed by atoms with Crippen LogP contribution < -0.4 is 5.32 Å². The summed E-state index contributed by atoms with van der Waals surface area (Å²) in [6.45, 7) is 4.48. The van der Waals surface area contributed by atoms with Crippen molar-refractivity contribution in [2.24, 2.45) is 0 Å². The van der Waals surface area contributed by atoms with E-state index in [0.717, 1.165) is 10.6 Å². The molecule has 1 N–H and O–H groups in total. The molecule has 2 aromatic rings. The normalized spacial score (nSPS) is 13.7. The van der Waals surface area contributed by atoms with Crippen LogP contribution in [0.1, 0.15) is 34.8 Å². The molecule has 0 saturated heterocycles. The average Bonchev–Trinajstić information content (AvgIpc) is 3.09. The van der Waals surface area contributed by atoms with E-state index in [1.165, 1.54) is 30.4 Å². The van der Waals surface area contributed by atoms with Crippen LogP contribution in [0.2, 0.25) is 0 Å². The Morgan fingerprint density at radius 2 is 2.04 bits per heavy atom. The van der Waals surface area contributed by atoms with Crippen molar-refractivity contribution in [2.75, 3.05) is 24.2 Å². The summed E-state index contributed by atoms with van der Waals surface area (Å²) in [6.07, 6.45) is 0.201. The Morgan fingerprint density at radius 1 is 1.29 bits per heavy atom. The van der Waals surface area contributed by atoms with Gasteiger partial charge >= 0.3 is 6.09 Å². The van der Waals surface area contributed by atoms with Gasteiger partial charge in [-0.15, -0.1) is 0 Å². The van der Waals surface area contributed by atoms with Gasteiger partial charge in [0.15, 0.2) is 15.0 Å². The molecule has 8 nitrogen and oxygen atoms in total. The summed E-state index contributed by atoms with van der Waals surface area (Å²) in [5, 5.41) is 3.07. The van der Waals surface area contributed by atoms with Gasteiger partial charge in [0.2, 0.25) is 0 Å². The fraction of sp³-hybridized carbons (Fsp3) is 0.389. The topological polar surface area (TPSA) is 106 Å². The molecule has 3 rings (SSSR count). The highest BCUT2D eigenvalue weighted by Gasteiger charge is 2.26. The molecular weight excluding hydrogens is 402 g/mol. The third-order valence-electron chi connectivity index (χ3n) is 4.32. The van der Waals surface area contributed by atoms with Crippen LogP contribution in [0.25, 0.3) is 0 Å². The molecule has 0 atom stereocenters. The Bertz CT molecular complexity index is 1000. The number of hydrogen-bond donors (Lipinski definition) is 1. The molecule has 1 aromatic heterocycles. The second-order valence-electron chi connectivity index (χ2n) is 6.11. The van der Waals surface area contributed by atoms with Gasteiger partial charge in [-0.05, 0) is 19.1 Å². The van der Waals surface area contributed by atoms with Gasteiger partial charge in [-0.25, -0.2) is 18.2 Å². The molecule has 0 saturated carbocycles. The minimum atomic E-state index is -3.53. The fourth-order valence-corrected chi connectivity index (χ4v) is 4.98. The molecule has 0 spiro atoms. The summed E-state index contributed by atoms with van der Waals surface area (Å²) in [4.78, 5) is 31.5. The highest BCUT2D eigenvalue weighted by Crippen LogP contribution is 2.29. The van der Waals surface area contributed by atoms with E-state index >= 15 is 0 Å². The highest BCUT2D eigenvalue weighted by molar-refractivity contribution is 7.91. The first-order valence-corrected chi connectivity index (χ1v) is 11.4. The smallest absolute Gasteiger partial charge is 0.410 e. The SMILES string of the molecule is CCOC(=O)N1CCc2nc(NC(=O)c3ccccc3S(=O)(=O)CC)sc2C1. The Kier molecular flexibility index (Phi) is 5.99. The van der Waals surface area contributed by atoms with Crippen LogP contribution in [0.3, 0.4) is 0 Å². The maximum absolute atomic E-state index is 12.7. The molecule has 2 heterocycles. The summed E-state index contributed by atoms with van der Waals surface area (Å²) >= 11 is 1.27. The maximum atomic E-state index is 12.7. The molecule has 10 heteroatoms. The van der Waals surface area contributed by atoms with Crippen molar-refractivity contribution in [3.63, 3.8) is 0 Å². The van der Waals surface area contributed by atoms with Gasteiger partial charge in [-0.2, -0.15) is 0 Å². The largest absolute Gasteiger partial charge is 0.450 e. The number of carbonyl (C=O) groups excluding carboxylic acids is 2. The predicted molar refractivity (Wildman–Crippen MR) is 105 cm³/mol. The molecule has 0 fully saturated rings. The number of rotatable bonds is 5. The zero-order valence-corrected chi connectivity index (χ0v) is 17.2. The maximum Gasteiger partial charge on any atom is 0.410 e. The van der Waals surface area contributed by atoms with Gasteiger partial charge in [-0.3, -0.25) is 10.1 Å². The van der Waals surface area contributed by atoms with Crippen LogP contribution in [-0.2, 0) is 27.5 Å². The van der Waals surface area contributed by atoms with Gasteiger partial charge in [0, 0.05) is 17.8 Å². The Morgan fingerprint density at radius 3 is 2.75 bits per heavy atom. The van der Waals surface area contributed by atoms with Gasteiger partial charge in [0.1, 0.15) is 0 Å². The number of sulfone groups is 1. The Balaban J connectivity index is 1.78. The summed E-state index contributed by atoms with van der Waals surface area (Å²) in [5.74, 6) is -0.618. The fourth-order valence-electron chi connectivity index (χ4n) is 2.86. The molecule has 0 unspecified atom stereocenters. The lowest BCUT2D eigenvalue weighted by Gasteiger charge is -2.24. The molecule has 1 aromatic carbocycles. The predicted octanol–water partition coefficient (Wildman–Crippen LogP) is 2.70. The minimum absolute atomic E-state index is 0.00445. The van der Waals surface area contributed by atoms with Crippen molar-refractivity contribution in [3.8, 4) is 0 Å². The Hall–Kier alpha value is -2.46. The van der Waals surface area contributed by atoms with Crippen molar-refractivity contribution >= 4 is 38.3 Å². The van der Waals surface area contributed by atoms with E-state index in [9.17, 15) is 18.0 Å². The quantitative estimate of drug-likeness (QED) is 0.793. The zero-order chi connectivity index (χ0) is 20.3. The number of thiazole rings is 1. The number of hydrogen-bond acceptors (Lipinski definition) is 7. The molecule has 0 aliphatic carbocycles. The molecule has 2 amide bonds. The lowest BCUT2D eigenvalue weighted by molar-refractivity contribution is 0.102. The first-order chi connectivity index (χ1) is 13.4. The molecule has 28 heavy (non-hydrogen) atoms. The van der Waals surface area contributed by atoms with Crippen molar-refractivity contribution in [1.29, 1.82) is 0 Å². The lowest BCUT2D eigenvalue weighted by Crippen LogP contribution is -2.35. The standard InChI is InChI=1S/C18H21N3O5S2/c1-3-26-18(23)21-10-9-13-14(11-21)27-17(19-13)20-16(22)12-7-5-6-8-15(12)28(24,25)4-2/h5-8H,3-4,9-11H2,1-2H3,(H,19,20,22). The first kappa shape index (κ1) is 20.3. The second-order valence-corrected chi connectivity index (χ2v) is 9.44. The van der Waals surface area contributed by atoms with Gasteiger partial charge in [0.25, 0.3) is 5.91 Å². The van der Waals surface area contributed by atoms with Crippen LogP contribution in [0.15, 0.2) is 29.2 Å². The lowest BCUT2D eigenvalue weighted by atomic mass is 10.2. The summed E-state index contributed by atoms with van der Waals surface area (Å²) in [5.41, 5.74) is 0.918. The summed E-state index contributed by atoms with van der Waals surface area (Å²) in [6, 6.07) is 6.12. The van der Waals surface area contributed by atoms with Gasteiger partial charge in [0.05, 0.1) is 35.1 Å². The molecule has 0 radical (unpaired) electrons. The van der Waals surface area contributed by atoms with Crippen LogP contribution in [0.5, 0.6) is 0 Å². The number of amides is 2. The third kappa shape index (κ3) is 4.17. The average molecular weight is 424 g/mol. The molecule has 150 valence electrons. The van der Waals surface area contributed by atoms with Crippen molar-refractivity contribution in [2.45, 2.75) is 31.7 Å². The van der Waals surface area contributed by atoms with Gasteiger partial charge < -0.3 is 9.64 Å².